The Bertz CT molecular complexity index is 1770. The number of H-pyrrole nitrogens is 1. The van der Waals surface area contributed by atoms with Crippen LogP contribution < -0.4 is 10.5 Å². The summed E-state index contributed by atoms with van der Waals surface area (Å²) in [6, 6.07) is 25.9. The molecule has 3 aromatic heterocycles. The first-order valence-corrected chi connectivity index (χ1v) is 11.5. The van der Waals surface area contributed by atoms with Gasteiger partial charge in [0.1, 0.15) is 5.52 Å². The predicted molar refractivity (Wildman–Crippen MR) is 138 cm³/mol. The summed E-state index contributed by atoms with van der Waals surface area (Å²) in [5, 5.41) is 5.18. The third-order valence-electron chi connectivity index (χ3n) is 6.15. The number of hydrogen-bond donors (Lipinski definition) is 0. The van der Waals surface area contributed by atoms with Gasteiger partial charge >= 0.3 is 5.56 Å². The van der Waals surface area contributed by atoms with E-state index in [9.17, 15) is 4.79 Å². The summed E-state index contributed by atoms with van der Waals surface area (Å²) in [6.07, 6.45) is 4.23. The highest BCUT2D eigenvalue weighted by atomic mass is 16.1. The lowest BCUT2D eigenvalue weighted by molar-refractivity contribution is -0.357. The molecule has 0 bridgehead atoms. The average Bonchev–Trinajstić information content (AvgIpc) is 3.20. The maximum atomic E-state index is 13.6. The summed E-state index contributed by atoms with van der Waals surface area (Å²) in [4.78, 5) is 26.6. The molecule has 0 atom stereocenters. The summed E-state index contributed by atoms with van der Waals surface area (Å²) >= 11 is 0. The molecule has 170 valence electrons. The molecule has 3 heterocycles. The molecule has 0 aliphatic heterocycles. The van der Waals surface area contributed by atoms with Gasteiger partial charge in [0.2, 0.25) is 5.65 Å². The number of nitrogens with one attached hydrogen (secondary N) is 1. The predicted octanol–water partition coefficient (Wildman–Crippen LogP) is 4.15. The number of benzene rings is 3. The average molecular weight is 460 g/mol. The zero-order valence-electron chi connectivity index (χ0n) is 19.2. The fourth-order valence-electron chi connectivity index (χ4n) is 4.26. The zero-order valence-corrected chi connectivity index (χ0v) is 19.2. The fourth-order valence-corrected chi connectivity index (χ4v) is 4.26. The number of fused-ring (bicyclic) bond motifs is 4. The van der Waals surface area contributed by atoms with Crippen LogP contribution in [-0.4, -0.2) is 25.4 Å². The second kappa shape index (κ2) is 8.61. The first kappa shape index (κ1) is 20.9. The van der Waals surface area contributed by atoms with Crippen molar-refractivity contribution in [2.45, 2.75) is 19.9 Å². The third-order valence-corrected chi connectivity index (χ3v) is 6.15. The second-order valence-electron chi connectivity index (χ2n) is 8.58. The van der Waals surface area contributed by atoms with Gasteiger partial charge in [-0.3, -0.25) is 0 Å². The van der Waals surface area contributed by atoms with Crippen LogP contribution in [0.1, 0.15) is 16.7 Å². The Labute approximate surface area is 201 Å². The van der Waals surface area contributed by atoms with E-state index in [2.05, 4.69) is 17.1 Å². The van der Waals surface area contributed by atoms with Gasteiger partial charge in [-0.1, -0.05) is 72.3 Å². The number of aromatic nitrogens is 5. The van der Waals surface area contributed by atoms with Crippen LogP contribution in [0.4, 0.5) is 0 Å². The standard InChI is InChI=1S/C28H22N6O/c1-19-11-13-21(14-12-19)17-30-34-26-24(25-27(34)32-23-10-6-5-9-22(23)31-25)28(35)33(18-29-26)16-15-20-7-3-2-4-8-20/h2-14,17-18H,15-16H2,1H3/p+1. The highest BCUT2D eigenvalue weighted by molar-refractivity contribution is 6.03. The molecule has 0 aliphatic rings. The number of rotatable bonds is 5. The summed E-state index contributed by atoms with van der Waals surface area (Å²) in [5.41, 5.74) is 6.32. The minimum Gasteiger partial charge on any atom is -0.250 e. The van der Waals surface area contributed by atoms with E-state index in [-0.39, 0.29) is 5.56 Å². The van der Waals surface area contributed by atoms with Crippen molar-refractivity contribution in [1.82, 2.24) is 19.2 Å². The van der Waals surface area contributed by atoms with E-state index in [0.717, 1.165) is 23.0 Å². The molecule has 6 aromatic rings. The van der Waals surface area contributed by atoms with E-state index in [4.69, 9.17) is 15.1 Å². The Morgan fingerprint density at radius 2 is 1.63 bits per heavy atom. The summed E-state index contributed by atoms with van der Waals surface area (Å²) in [7, 11) is 0. The van der Waals surface area contributed by atoms with Crippen LogP contribution in [0.3, 0.4) is 0 Å². The normalized spacial score (nSPS) is 11.8. The number of aryl methyl sites for hydroxylation is 3. The lowest BCUT2D eigenvalue weighted by Gasteiger charge is -2.02. The molecule has 0 aliphatic carbocycles. The summed E-state index contributed by atoms with van der Waals surface area (Å²) in [5.74, 6) is 0. The molecular formula is C28H23N6O+. The monoisotopic (exact) mass is 459 g/mol. The number of aromatic amines is 1. The molecule has 3 aromatic carbocycles. The first-order valence-electron chi connectivity index (χ1n) is 11.5. The molecule has 6 rings (SSSR count). The van der Waals surface area contributed by atoms with E-state index in [1.54, 1.807) is 21.8 Å². The van der Waals surface area contributed by atoms with Crippen LogP contribution in [0.15, 0.2) is 95.1 Å². The molecule has 0 saturated carbocycles. The van der Waals surface area contributed by atoms with Crippen LogP contribution >= 0.6 is 0 Å². The molecule has 35 heavy (non-hydrogen) atoms. The molecule has 0 spiro atoms. The second-order valence-corrected chi connectivity index (χ2v) is 8.58. The van der Waals surface area contributed by atoms with Gasteiger partial charge in [-0.25, -0.2) is 24.3 Å². The van der Waals surface area contributed by atoms with Gasteiger partial charge in [-0.05, 0) is 30.2 Å². The Balaban J connectivity index is 1.53. The minimum absolute atomic E-state index is 0.117. The Hall–Kier alpha value is -4.65. The van der Waals surface area contributed by atoms with Crippen molar-refractivity contribution in [3.8, 4) is 0 Å². The third kappa shape index (κ3) is 3.87. The molecule has 1 N–H and O–H groups in total. The van der Waals surface area contributed by atoms with Gasteiger partial charge in [0.05, 0.1) is 23.8 Å². The molecule has 0 saturated heterocycles. The first-order chi connectivity index (χ1) is 17.2. The topological polar surface area (TPSA) is 79.2 Å². The molecular weight excluding hydrogens is 436 g/mol. The van der Waals surface area contributed by atoms with Crippen LogP contribution in [0, 0.1) is 6.92 Å². The lowest BCUT2D eigenvalue weighted by atomic mass is 10.1. The largest absolute Gasteiger partial charge is 0.322 e. The van der Waals surface area contributed by atoms with Crippen molar-refractivity contribution in [3.63, 3.8) is 0 Å². The molecule has 7 heteroatoms. The van der Waals surface area contributed by atoms with E-state index in [1.807, 2.05) is 73.7 Å². The lowest BCUT2D eigenvalue weighted by Crippen LogP contribution is -2.27. The Morgan fingerprint density at radius 1 is 0.914 bits per heavy atom. The zero-order chi connectivity index (χ0) is 23.8. The van der Waals surface area contributed by atoms with E-state index < -0.39 is 0 Å². The number of hydrogen-bond acceptors (Lipinski definition) is 4. The van der Waals surface area contributed by atoms with Crippen LogP contribution in [0.2, 0.25) is 0 Å². The maximum absolute atomic E-state index is 13.6. The smallest absolute Gasteiger partial charge is 0.250 e. The molecule has 0 fully saturated rings. The maximum Gasteiger partial charge on any atom is 0.322 e. The van der Waals surface area contributed by atoms with Crippen molar-refractivity contribution >= 4 is 39.4 Å². The van der Waals surface area contributed by atoms with E-state index in [0.29, 0.717) is 28.7 Å². The molecule has 7 nitrogen and oxygen atoms in total. The molecule has 0 unspecified atom stereocenters. The van der Waals surface area contributed by atoms with Gasteiger partial charge in [0.15, 0.2) is 11.7 Å². The summed E-state index contributed by atoms with van der Waals surface area (Å²) < 4.78 is 3.37. The highest BCUT2D eigenvalue weighted by Gasteiger charge is 2.24. The van der Waals surface area contributed by atoms with Crippen LogP contribution in [0.5, 0.6) is 0 Å². The van der Waals surface area contributed by atoms with Crippen LogP contribution in [-0.2, 0) is 13.0 Å². The quantitative estimate of drug-likeness (QED) is 0.363. The van der Waals surface area contributed by atoms with Gasteiger partial charge in [0.25, 0.3) is 5.65 Å². The molecule has 0 radical (unpaired) electrons. The van der Waals surface area contributed by atoms with Crippen molar-refractivity contribution in [2.24, 2.45) is 5.10 Å². The van der Waals surface area contributed by atoms with Crippen molar-refractivity contribution in [2.75, 3.05) is 0 Å². The minimum atomic E-state index is -0.117. The Kier molecular flexibility index (Phi) is 5.15. The van der Waals surface area contributed by atoms with Crippen LogP contribution in [0.25, 0.3) is 33.2 Å². The van der Waals surface area contributed by atoms with Crippen molar-refractivity contribution in [1.29, 1.82) is 0 Å². The van der Waals surface area contributed by atoms with Crippen molar-refractivity contribution in [3.05, 3.63) is 112 Å². The molecule has 0 amide bonds. The Morgan fingerprint density at radius 3 is 2.40 bits per heavy atom. The van der Waals surface area contributed by atoms with Gasteiger partial charge < -0.3 is 0 Å². The van der Waals surface area contributed by atoms with Gasteiger partial charge in [-0.2, -0.15) is 0 Å². The van der Waals surface area contributed by atoms with Gasteiger partial charge in [-0.15, -0.1) is 9.78 Å². The fraction of sp³-hybridized carbons (Fsp3) is 0.107. The van der Waals surface area contributed by atoms with Crippen molar-refractivity contribution < 1.29 is 4.98 Å². The highest BCUT2D eigenvalue weighted by Crippen LogP contribution is 2.23. The summed E-state index contributed by atoms with van der Waals surface area (Å²) in [6.45, 7) is 2.60. The SMILES string of the molecule is Cc1ccc(C=Nn2c3nc4ccccc4nc3c3c(=O)n(CCc4ccccc4)c[nH+]c32)cc1. The van der Waals surface area contributed by atoms with E-state index >= 15 is 0 Å². The number of para-hydroxylation sites is 2. The number of nitrogens with zero attached hydrogens (tertiary/aromatic N) is 5. The van der Waals surface area contributed by atoms with E-state index in [1.165, 1.54) is 11.1 Å². The van der Waals surface area contributed by atoms with Gasteiger partial charge in [0, 0.05) is 6.42 Å².